The molecule has 1 fully saturated rings. The number of piperidine rings is 1. The highest BCUT2D eigenvalue weighted by molar-refractivity contribution is 5.85. The van der Waals surface area contributed by atoms with Crippen LogP contribution in [0.1, 0.15) is 42.8 Å². The van der Waals surface area contributed by atoms with Gasteiger partial charge in [0.1, 0.15) is 0 Å². The van der Waals surface area contributed by atoms with Crippen LogP contribution in [0.4, 0.5) is 0 Å². The van der Waals surface area contributed by atoms with Gasteiger partial charge in [-0.05, 0) is 31.2 Å². The van der Waals surface area contributed by atoms with Gasteiger partial charge >= 0.3 is 0 Å². The Kier molecular flexibility index (Phi) is 9.82. The summed E-state index contributed by atoms with van der Waals surface area (Å²) in [5.74, 6) is 0.0564. The van der Waals surface area contributed by atoms with E-state index in [0.29, 0.717) is 13.1 Å². The monoisotopic (exact) mass is 455 g/mol. The first-order valence-electron chi connectivity index (χ1n) is 10.1. The average molecular weight is 456 g/mol. The molecule has 6 nitrogen and oxygen atoms in total. The molecular weight excluding hydrogens is 421 g/mol. The van der Waals surface area contributed by atoms with Gasteiger partial charge in [-0.25, -0.2) is 0 Å². The third kappa shape index (κ3) is 6.45. The van der Waals surface area contributed by atoms with E-state index in [2.05, 4.69) is 48.2 Å². The minimum absolute atomic E-state index is 0. The number of hydrogen-bond acceptors (Lipinski definition) is 4. The van der Waals surface area contributed by atoms with Crippen molar-refractivity contribution >= 4 is 30.7 Å². The van der Waals surface area contributed by atoms with Crippen LogP contribution in [0.2, 0.25) is 0 Å². The van der Waals surface area contributed by atoms with Crippen LogP contribution in [0.5, 0.6) is 0 Å². The Morgan fingerprint density at radius 1 is 1.23 bits per heavy atom. The van der Waals surface area contributed by atoms with Gasteiger partial charge in [0.15, 0.2) is 0 Å². The number of aryl methyl sites for hydroxylation is 1. The quantitative estimate of drug-likeness (QED) is 0.701. The Hall–Kier alpha value is -1.60. The molecule has 2 aromatic rings. The largest absolute Gasteiger partial charge is 0.351 e. The minimum Gasteiger partial charge on any atom is -0.351 e. The highest BCUT2D eigenvalue weighted by Gasteiger charge is 2.33. The summed E-state index contributed by atoms with van der Waals surface area (Å²) < 4.78 is 2.01. The molecule has 1 aliphatic rings. The zero-order chi connectivity index (χ0) is 20.3. The highest BCUT2D eigenvalue weighted by Crippen LogP contribution is 2.27. The molecule has 168 valence electrons. The molecule has 1 aromatic carbocycles. The summed E-state index contributed by atoms with van der Waals surface area (Å²) in [6, 6.07) is 10.5. The lowest BCUT2D eigenvalue weighted by Gasteiger charge is -2.42. The fourth-order valence-electron chi connectivity index (χ4n) is 3.97. The standard InChI is InChI=1S/C22H33N5O.2ClH/c1-16-19(17(2)27(25-16)13-18-8-6-5-7-9-18)12-24-21(28)14-26-11-10-20(23)22(3,4)15-26;;/h5-9,20H,10-15,23H2,1-4H3,(H,24,28);2*1H. The molecule has 1 saturated heterocycles. The molecule has 3 rings (SSSR count). The topological polar surface area (TPSA) is 76.2 Å². The van der Waals surface area contributed by atoms with Gasteiger partial charge in [-0.3, -0.25) is 14.4 Å². The fourth-order valence-corrected chi connectivity index (χ4v) is 3.97. The second-order valence-electron chi connectivity index (χ2n) is 8.66. The van der Waals surface area contributed by atoms with Crippen LogP contribution in [0.3, 0.4) is 0 Å². The van der Waals surface area contributed by atoms with E-state index < -0.39 is 0 Å². The highest BCUT2D eigenvalue weighted by atomic mass is 35.5. The predicted molar refractivity (Wildman–Crippen MR) is 126 cm³/mol. The number of hydrogen-bond donors (Lipinski definition) is 2. The number of halogens is 2. The zero-order valence-electron chi connectivity index (χ0n) is 18.4. The number of amides is 1. The molecule has 0 spiro atoms. The first-order valence-corrected chi connectivity index (χ1v) is 10.1. The normalized spacial score (nSPS) is 18.2. The summed E-state index contributed by atoms with van der Waals surface area (Å²) in [4.78, 5) is 14.7. The van der Waals surface area contributed by atoms with Crippen molar-refractivity contribution in [2.45, 2.75) is 53.2 Å². The number of rotatable bonds is 6. The van der Waals surface area contributed by atoms with Crippen molar-refractivity contribution in [3.63, 3.8) is 0 Å². The number of likely N-dealkylation sites (tertiary alicyclic amines) is 1. The predicted octanol–water partition coefficient (Wildman–Crippen LogP) is 3.07. The van der Waals surface area contributed by atoms with E-state index >= 15 is 0 Å². The van der Waals surface area contributed by atoms with Crippen LogP contribution in [0.25, 0.3) is 0 Å². The molecule has 1 aliphatic heterocycles. The molecule has 1 amide bonds. The first-order chi connectivity index (χ1) is 13.3. The number of nitrogens with zero attached hydrogens (tertiary/aromatic N) is 3. The Morgan fingerprint density at radius 3 is 2.53 bits per heavy atom. The number of carbonyl (C=O) groups is 1. The molecule has 1 aromatic heterocycles. The minimum atomic E-state index is 0. The number of nitrogens with one attached hydrogen (secondary N) is 1. The molecular formula is C22H35Cl2N5O. The van der Waals surface area contributed by atoms with E-state index in [0.717, 1.165) is 43.0 Å². The van der Waals surface area contributed by atoms with Crippen molar-refractivity contribution in [1.29, 1.82) is 0 Å². The molecule has 3 N–H and O–H groups in total. The summed E-state index contributed by atoms with van der Waals surface area (Å²) in [5, 5.41) is 7.75. The molecule has 0 aliphatic carbocycles. The Bertz CT molecular complexity index is 822. The van der Waals surface area contributed by atoms with E-state index in [-0.39, 0.29) is 42.2 Å². The van der Waals surface area contributed by atoms with Crippen LogP contribution in [0.15, 0.2) is 30.3 Å². The smallest absolute Gasteiger partial charge is 0.234 e. The molecule has 1 atom stereocenters. The maximum atomic E-state index is 12.5. The van der Waals surface area contributed by atoms with E-state index in [1.807, 2.05) is 29.8 Å². The summed E-state index contributed by atoms with van der Waals surface area (Å²) >= 11 is 0. The Labute approximate surface area is 192 Å². The summed E-state index contributed by atoms with van der Waals surface area (Å²) in [6.07, 6.45) is 0.935. The lowest BCUT2D eigenvalue weighted by atomic mass is 9.80. The molecule has 0 bridgehead atoms. The molecule has 30 heavy (non-hydrogen) atoms. The third-order valence-corrected chi connectivity index (χ3v) is 5.93. The van der Waals surface area contributed by atoms with Gasteiger partial charge < -0.3 is 11.1 Å². The van der Waals surface area contributed by atoms with Crippen molar-refractivity contribution in [2.24, 2.45) is 11.1 Å². The summed E-state index contributed by atoms with van der Waals surface area (Å²) in [6.45, 7) is 11.8. The van der Waals surface area contributed by atoms with Gasteiger partial charge in [0, 0.05) is 36.9 Å². The molecule has 2 heterocycles. The van der Waals surface area contributed by atoms with Gasteiger partial charge in [-0.15, -0.1) is 24.8 Å². The zero-order valence-corrected chi connectivity index (χ0v) is 20.0. The van der Waals surface area contributed by atoms with E-state index in [9.17, 15) is 4.79 Å². The van der Waals surface area contributed by atoms with Gasteiger partial charge in [0.05, 0.1) is 18.8 Å². The first kappa shape index (κ1) is 26.4. The van der Waals surface area contributed by atoms with Crippen LogP contribution in [-0.4, -0.2) is 46.3 Å². The lowest BCUT2D eigenvalue weighted by molar-refractivity contribution is -0.123. The molecule has 0 saturated carbocycles. The van der Waals surface area contributed by atoms with Crippen LogP contribution >= 0.6 is 24.8 Å². The van der Waals surface area contributed by atoms with Crippen LogP contribution < -0.4 is 11.1 Å². The number of nitrogens with two attached hydrogens (primary N) is 1. The summed E-state index contributed by atoms with van der Waals surface area (Å²) in [5.41, 5.74) is 10.6. The molecule has 0 radical (unpaired) electrons. The Balaban J connectivity index is 0.00000225. The second-order valence-corrected chi connectivity index (χ2v) is 8.66. The van der Waals surface area contributed by atoms with Gasteiger partial charge in [0.2, 0.25) is 5.91 Å². The van der Waals surface area contributed by atoms with Crippen molar-refractivity contribution in [3.8, 4) is 0 Å². The average Bonchev–Trinajstić information content (AvgIpc) is 2.90. The van der Waals surface area contributed by atoms with Gasteiger partial charge in [0.25, 0.3) is 0 Å². The summed E-state index contributed by atoms with van der Waals surface area (Å²) in [7, 11) is 0. The van der Waals surface area contributed by atoms with Gasteiger partial charge in [-0.1, -0.05) is 44.2 Å². The van der Waals surface area contributed by atoms with Crippen molar-refractivity contribution < 1.29 is 4.79 Å². The van der Waals surface area contributed by atoms with Crippen molar-refractivity contribution in [3.05, 3.63) is 52.8 Å². The maximum absolute atomic E-state index is 12.5. The van der Waals surface area contributed by atoms with E-state index in [1.54, 1.807) is 0 Å². The SMILES string of the molecule is Cc1nn(Cc2ccccc2)c(C)c1CNC(=O)CN1CCC(N)C(C)(C)C1.Cl.Cl. The Morgan fingerprint density at radius 2 is 1.90 bits per heavy atom. The van der Waals surface area contributed by atoms with Crippen molar-refractivity contribution in [2.75, 3.05) is 19.6 Å². The van der Waals surface area contributed by atoms with E-state index in [4.69, 9.17) is 5.73 Å². The maximum Gasteiger partial charge on any atom is 0.234 e. The van der Waals surface area contributed by atoms with Crippen LogP contribution in [0, 0.1) is 19.3 Å². The number of benzene rings is 1. The molecule has 8 heteroatoms. The number of aromatic nitrogens is 2. The van der Waals surface area contributed by atoms with Crippen LogP contribution in [-0.2, 0) is 17.9 Å². The van der Waals surface area contributed by atoms with E-state index in [1.165, 1.54) is 5.56 Å². The number of carbonyl (C=O) groups excluding carboxylic acids is 1. The van der Waals surface area contributed by atoms with Gasteiger partial charge in [-0.2, -0.15) is 5.10 Å². The fraction of sp³-hybridized carbons (Fsp3) is 0.545. The third-order valence-electron chi connectivity index (χ3n) is 5.93. The molecule has 1 unspecified atom stereocenters. The van der Waals surface area contributed by atoms with Crippen molar-refractivity contribution in [1.82, 2.24) is 20.0 Å². The second kappa shape index (κ2) is 11.1. The lowest BCUT2D eigenvalue weighted by Crippen LogP contribution is -2.54.